The second-order valence-electron chi connectivity index (χ2n) is 6.01. The predicted molar refractivity (Wildman–Crippen MR) is 86.3 cm³/mol. The fraction of sp³-hybridized carbons (Fsp3) is 0.333. The van der Waals surface area contributed by atoms with E-state index in [1.807, 2.05) is 36.2 Å². The summed E-state index contributed by atoms with van der Waals surface area (Å²) in [6, 6.07) is 12.1. The standard InChI is InChI=1S/C18H19NO3/c1-19-10-11(9-16(19)20)12-7-8-15(21-2)18-17(12)13-5-3-4-6-14(13)22-18/h3-8,11,16,20H,9-10H2,1-2H3. The maximum atomic E-state index is 10.0. The minimum absolute atomic E-state index is 0.300. The van der Waals surface area contributed by atoms with Gasteiger partial charge in [0.15, 0.2) is 11.3 Å². The van der Waals surface area contributed by atoms with Crippen molar-refractivity contribution in [1.82, 2.24) is 4.90 Å². The van der Waals surface area contributed by atoms with Crippen LogP contribution in [0.2, 0.25) is 0 Å². The average Bonchev–Trinajstić information content (AvgIpc) is 3.07. The van der Waals surface area contributed by atoms with Gasteiger partial charge in [0.1, 0.15) is 11.8 Å². The average molecular weight is 297 g/mol. The Hall–Kier alpha value is -2.04. The number of ether oxygens (including phenoxy) is 1. The SMILES string of the molecule is COc1ccc(C2CC(O)N(C)C2)c2c1oc1ccccc12. The smallest absolute Gasteiger partial charge is 0.177 e. The lowest BCUT2D eigenvalue weighted by Gasteiger charge is -2.13. The van der Waals surface area contributed by atoms with E-state index in [9.17, 15) is 5.11 Å². The lowest BCUT2D eigenvalue weighted by molar-refractivity contribution is 0.0573. The van der Waals surface area contributed by atoms with Crippen LogP contribution < -0.4 is 4.74 Å². The monoisotopic (exact) mass is 297 g/mol. The zero-order chi connectivity index (χ0) is 15.3. The summed E-state index contributed by atoms with van der Waals surface area (Å²) in [5, 5.41) is 12.3. The van der Waals surface area contributed by atoms with E-state index in [0.29, 0.717) is 5.92 Å². The summed E-state index contributed by atoms with van der Waals surface area (Å²) in [7, 11) is 3.62. The van der Waals surface area contributed by atoms with Crippen LogP contribution in [0.5, 0.6) is 5.75 Å². The highest BCUT2D eigenvalue weighted by atomic mass is 16.5. The number of para-hydroxylation sites is 1. The van der Waals surface area contributed by atoms with E-state index in [4.69, 9.17) is 9.15 Å². The Morgan fingerprint density at radius 1 is 1.23 bits per heavy atom. The number of hydrogen-bond acceptors (Lipinski definition) is 4. The molecule has 1 saturated heterocycles. The molecule has 0 aliphatic carbocycles. The molecular formula is C18H19NO3. The van der Waals surface area contributed by atoms with Crippen LogP contribution in [0.25, 0.3) is 21.9 Å². The van der Waals surface area contributed by atoms with Crippen LogP contribution in [0.15, 0.2) is 40.8 Å². The highest BCUT2D eigenvalue weighted by Crippen LogP contribution is 2.42. The molecular weight excluding hydrogens is 278 g/mol. The number of nitrogens with zero attached hydrogens (tertiary/aromatic N) is 1. The molecule has 1 fully saturated rings. The van der Waals surface area contributed by atoms with Gasteiger partial charge in [-0.25, -0.2) is 0 Å². The molecule has 1 aliphatic rings. The number of fused-ring (bicyclic) bond motifs is 3. The molecule has 2 aromatic carbocycles. The zero-order valence-corrected chi connectivity index (χ0v) is 12.7. The molecule has 4 rings (SSSR count). The number of benzene rings is 2. The van der Waals surface area contributed by atoms with Gasteiger partial charge in [0.25, 0.3) is 0 Å². The van der Waals surface area contributed by atoms with Gasteiger partial charge in [-0.2, -0.15) is 0 Å². The summed E-state index contributed by atoms with van der Waals surface area (Å²) in [5.74, 6) is 1.05. The molecule has 4 heteroatoms. The molecule has 114 valence electrons. The second-order valence-corrected chi connectivity index (χ2v) is 6.01. The highest BCUT2D eigenvalue weighted by Gasteiger charge is 2.31. The van der Waals surface area contributed by atoms with E-state index in [0.717, 1.165) is 40.7 Å². The maximum absolute atomic E-state index is 10.0. The molecule has 0 saturated carbocycles. The van der Waals surface area contributed by atoms with E-state index in [-0.39, 0.29) is 6.23 Å². The quantitative estimate of drug-likeness (QED) is 0.788. The van der Waals surface area contributed by atoms with Crippen LogP contribution in [0.3, 0.4) is 0 Å². The topological polar surface area (TPSA) is 45.8 Å². The van der Waals surface area contributed by atoms with Crippen molar-refractivity contribution < 1.29 is 14.3 Å². The number of aliphatic hydroxyl groups excluding tert-OH is 1. The number of rotatable bonds is 2. The van der Waals surface area contributed by atoms with E-state index in [2.05, 4.69) is 12.1 Å². The van der Waals surface area contributed by atoms with Gasteiger partial charge in [-0.3, -0.25) is 4.90 Å². The van der Waals surface area contributed by atoms with Crippen LogP contribution in [0.1, 0.15) is 17.9 Å². The van der Waals surface area contributed by atoms with Gasteiger partial charge in [0.05, 0.1) is 7.11 Å². The fourth-order valence-corrected chi connectivity index (χ4v) is 3.53. The molecule has 1 aromatic heterocycles. The minimum Gasteiger partial charge on any atom is -0.493 e. The molecule has 2 heterocycles. The van der Waals surface area contributed by atoms with Crippen LogP contribution >= 0.6 is 0 Å². The first kappa shape index (κ1) is 13.6. The minimum atomic E-state index is -0.375. The third-order valence-electron chi connectivity index (χ3n) is 4.69. The van der Waals surface area contributed by atoms with Gasteiger partial charge in [-0.1, -0.05) is 24.3 Å². The number of furan rings is 1. The lowest BCUT2D eigenvalue weighted by Crippen LogP contribution is -2.23. The molecule has 1 N–H and O–H groups in total. The van der Waals surface area contributed by atoms with Crippen molar-refractivity contribution in [3.8, 4) is 5.75 Å². The Labute approximate surface area is 128 Å². The number of likely N-dealkylation sites (N-methyl/N-ethyl adjacent to an activating group) is 1. The van der Waals surface area contributed by atoms with Gasteiger partial charge in [-0.15, -0.1) is 0 Å². The Morgan fingerprint density at radius 3 is 2.77 bits per heavy atom. The van der Waals surface area contributed by atoms with Crippen LogP contribution in [-0.2, 0) is 0 Å². The van der Waals surface area contributed by atoms with Gasteiger partial charge in [0, 0.05) is 23.2 Å². The molecule has 2 unspecified atom stereocenters. The Morgan fingerprint density at radius 2 is 2.05 bits per heavy atom. The normalized spacial score (nSPS) is 22.7. The van der Waals surface area contributed by atoms with Crippen LogP contribution in [0.4, 0.5) is 0 Å². The molecule has 2 atom stereocenters. The largest absolute Gasteiger partial charge is 0.493 e. The first-order chi connectivity index (χ1) is 10.7. The van der Waals surface area contributed by atoms with Gasteiger partial charge >= 0.3 is 0 Å². The van der Waals surface area contributed by atoms with E-state index in [1.54, 1.807) is 7.11 Å². The van der Waals surface area contributed by atoms with Crippen molar-refractivity contribution in [2.45, 2.75) is 18.6 Å². The Bertz CT molecular complexity index is 829. The lowest BCUT2D eigenvalue weighted by atomic mass is 9.93. The third kappa shape index (κ3) is 1.91. The van der Waals surface area contributed by atoms with Crippen LogP contribution in [-0.4, -0.2) is 36.9 Å². The molecule has 22 heavy (non-hydrogen) atoms. The van der Waals surface area contributed by atoms with E-state index >= 15 is 0 Å². The number of likely N-dealkylation sites (tertiary alicyclic amines) is 1. The van der Waals surface area contributed by atoms with Gasteiger partial charge in [-0.05, 0) is 31.2 Å². The molecule has 4 nitrogen and oxygen atoms in total. The molecule has 0 amide bonds. The maximum Gasteiger partial charge on any atom is 0.177 e. The van der Waals surface area contributed by atoms with E-state index in [1.165, 1.54) is 5.56 Å². The molecule has 3 aromatic rings. The number of methoxy groups -OCH3 is 1. The summed E-state index contributed by atoms with van der Waals surface area (Å²) in [6.07, 6.45) is 0.373. The van der Waals surface area contributed by atoms with Crippen molar-refractivity contribution in [2.75, 3.05) is 20.7 Å². The fourth-order valence-electron chi connectivity index (χ4n) is 3.53. The van der Waals surface area contributed by atoms with Gasteiger partial charge in [0.2, 0.25) is 0 Å². The summed E-state index contributed by atoms with van der Waals surface area (Å²) < 4.78 is 11.5. The molecule has 0 spiro atoms. The molecule has 0 bridgehead atoms. The van der Waals surface area contributed by atoms with Crippen molar-refractivity contribution >= 4 is 21.9 Å². The Balaban J connectivity index is 1.99. The van der Waals surface area contributed by atoms with Crippen molar-refractivity contribution in [3.05, 3.63) is 42.0 Å². The summed E-state index contributed by atoms with van der Waals surface area (Å²) in [4.78, 5) is 1.99. The first-order valence-corrected chi connectivity index (χ1v) is 7.55. The number of hydrogen-bond donors (Lipinski definition) is 1. The summed E-state index contributed by atoms with van der Waals surface area (Å²) in [6.45, 7) is 0.849. The second kappa shape index (κ2) is 5.00. The van der Waals surface area contributed by atoms with Crippen LogP contribution in [0, 0.1) is 0 Å². The molecule has 1 aliphatic heterocycles. The molecule has 0 radical (unpaired) electrons. The van der Waals surface area contributed by atoms with Gasteiger partial charge < -0.3 is 14.3 Å². The van der Waals surface area contributed by atoms with Crippen molar-refractivity contribution in [2.24, 2.45) is 0 Å². The summed E-state index contributed by atoms with van der Waals surface area (Å²) in [5.41, 5.74) is 2.89. The van der Waals surface area contributed by atoms with E-state index < -0.39 is 0 Å². The zero-order valence-electron chi connectivity index (χ0n) is 12.7. The van der Waals surface area contributed by atoms with Crippen molar-refractivity contribution in [1.29, 1.82) is 0 Å². The summed E-state index contributed by atoms with van der Waals surface area (Å²) >= 11 is 0. The third-order valence-corrected chi connectivity index (χ3v) is 4.69. The first-order valence-electron chi connectivity index (χ1n) is 7.55. The highest BCUT2D eigenvalue weighted by molar-refractivity contribution is 6.08. The van der Waals surface area contributed by atoms with Crippen molar-refractivity contribution in [3.63, 3.8) is 0 Å². The Kier molecular flexibility index (Phi) is 3.10. The predicted octanol–water partition coefficient (Wildman–Crippen LogP) is 3.33. The number of aliphatic hydroxyl groups is 1.